The van der Waals surface area contributed by atoms with Gasteiger partial charge in [-0.2, -0.15) is 0 Å². The Hall–Kier alpha value is -3.28. The minimum Gasteiger partial charge on any atom is -0.493 e. The third-order valence-electron chi connectivity index (χ3n) is 3.75. The number of benzene rings is 2. The number of aromatic hydroxyl groups is 1. The average Bonchev–Trinajstić information content (AvgIpc) is 2.89. The molecule has 25 heavy (non-hydrogen) atoms. The zero-order valence-corrected chi connectivity index (χ0v) is 13.5. The molecule has 1 heterocycles. The Morgan fingerprint density at radius 1 is 0.960 bits per heavy atom. The van der Waals surface area contributed by atoms with E-state index in [0.29, 0.717) is 6.54 Å². The van der Waals surface area contributed by atoms with Gasteiger partial charge in [0.2, 0.25) is 5.88 Å². The van der Waals surface area contributed by atoms with Gasteiger partial charge in [0.25, 0.3) is 0 Å². The molecule has 0 bridgehead atoms. The SMILES string of the molecule is O=C(Cn1c(O)cn(Cc2ccccc2)c1=O)OCc1ccccc1. The molecular weight excluding hydrogens is 320 g/mol. The molecule has 0 saturated heterocycles. The van der Waals surface area contributed by atoms with Crippen molar-refractivity contribution < 1.29 is 14.6 Å². The van der Waals surface area contributed by atoms with E-state index in [2.05, 4.69) is 0 Å². The highest BCUT2D eigenvalue weighted by molar-refractivity contribution is 5.69. The van der Waals surface area contributed by atoms with Gasteiger partial charge in [-0.3, -0.25) is 13.9 Å². The lowest BCUT2D eigenvalue weighted by atomic mass is 10.2. The fourth-order valence-electron chi connectivity index (χ4n) is 2.47. The van der Waals surface area contributed by atoms with Crippen LogP contribution in [0.4, 0.5) is 0 Å². The van der Waals surface area contributed by atoms with Crippen LogP contribution >= 0.6 is 0 Å². The van der Waals surface area contributed by atoms with Crippen LogP contribution in [-0.2, 0) is 29.2 Å². The number of imidazole rings is 1. The normalized spacial score (nSPS) is 10.6. The van der Waals surface area contributed by atoms with Crippen molar-refractivity contribution >= 4 is 5.97 Å². The zero-order chi connectivity index (χ0) is 17.6. The molecule has 0 aliphatic carbocycles. The summed E-state index contributed by atoms with van der Waals surface area (Å²) < 4.78 is 7.50. The van der Waals surface area contributed by atoms with Crippen molar-refractivity contribution in [1.29, 1.82) is 0 Å². The first-order chi connectivity index (χ1) is 12.1. The van der Waals surface area contributed by atoms with E-state index in [1.165, 1.54) is 10.8 Å². The first-order valence-corrected chi connectivity index (χ1v) is 7.86. The highest BCUT2D eigenvalue weighted by Gasteiger charge is 2.15. The molecular formula is C19H18N2O4. The van der Waals surface area contributed by atoms with Crippen molar-refractivity contribution in [3.05, 3.63) is 88.5 Å². The molecule has 0 atom stereocenters. The first kappa shape index (κ1) is 16.6. The second-order valence-corrected chi connectivity index (χ2v) is 5.62. The predicted octanol–water partition coefficient (Wildman–Crippen LogP) is 2.15. The molecule has 0 spiro atoms. The smallest absolute Gasteiger partial charge is 0.331 e. The molecule has 1 aromatic heterocycles. The summed E-state index contributed by atoms with van der Waals surface area (Å²) in [7, 11) is 0. The van der Waals surface area contributed by atoms with Gasteiger partial charge in [-0.05, 0) is 11.1 Å². The van der Waals surface area contributed by atoms with E-state index in [-0.39, 0.29) is 19.0 Å². The molecule has 2 aromatic carbocycles. The lowest BCUT2D eigenvalue weighted by molar-refractivity contribution is -0.145. The van der Waals surface area contributed by atoms with Gasteiger partial charge in [0.1, 0.15) is 13.2 Å². The summed E-state index contributed by atoms with van der Waals surface area (Å²) in [6, 6.07) is 18.7. The number of rotatable bonds is 6. The summed E-state index contributed by atoms with van der Waals surface area (Å²) in [6.45, 7) is 0.110. The summed E-state index contributed by atoms with van der Waals surface area (Å²) in [6.07, 6.45) is 1.32. The van der Waals surface area contributed by atoms with Gasteiger partial charge >= 0.3 is 11.7 Å². The minimum atomic E-state index is -0.585. The molecule has 128 valence electrons. The van der Waals surface area contributed by atoms with E-state index in [9.17, 15) is 14.7 Å². The van der Waals surface area contributed by atoms with E-state index in [0.717, 1.165) is 15.7 Å². The standard InChI is InChI=1S/C19H18N2O4/c22-17-12-20(11-15-7-3-1-4-8-15)19(24)21(17)13-18(23)25-14-16-9-5-2-6-10-16/h1-10,12,22H,11,13-14H2. The molecule has 3 rings (SSSR count). The summed E-state index contributed by atoms with van der Waals surface area (Å²) in [4.78, 5) is 24.3. The minimum absolute atomic E-state index is 0.125. The number of ether oxygens (including phenoxy) is 1. The number of esters is 1. The zero-order valence-electron chi connectivity index (χ0n) is 13.5. The maximum absolute atomic E-state index is 12.4. The molecule has 6 nitrogen and oxygen atoms in total. The summed E-state index contributed by atoms with van der Waals surface area (Å²) in [5.74, 6) is -0.851. The number of carbonyl (C=O) groups excluding carboxylic acids is 1. The molecule has 6 heteroatoms. The van der Waals surface area contributed by atoms with Crippen molar-refractivity contribution in [3.8, 4) is 5.88 Å². The van der Waals surface area contributed by atoms with Crippen molar-refractivity contribution in [1.82, 2.24) is 9.13 Å². The van der Waals surface area contributed by atoms with Crippen LogP contribution in [0.1, 0.15) is 11.1 Å². The Bertz CT molecular complexity index is 898. The molecule has 0 aliphatic rings. The average molecular weight is 338 g/mol. The number of hydrogen-bond acceptors (Lipinski definition) is 4. The van der Waals surface area contributed by atoms with E-state index in [1.54, 1.807) is 0 Å². The lowest BCUT2D eigenvalue weighted by Crippen LogP contribution is -2.27. The van der Waals surface area contributed by atoms with E-state index < -0.39 is 11.7 Å². The Morgan fingerprint density at radius 2 is 1.56 bits per heavy atom. The third kappa shape index (κ3) is 4.17. The second-order valence-electron chi connectivity index (χ2n) is 5.62. The van der Waals surface area contributed by atoms with E-state index in [1.807, 2.05) is 60.7 Å². The van der Waals surface area contributed by atoms with Crippen LogP contribution in [0.5, 0.6) is 5.88 Å². The molecule has 0 saturated carbocycles. The topological polar surface area (TPSA) is 73.5 Å². The largest absolute Gasteiger partial charge is 0.493 e. The molecule has 1 N–H and O–H groups in total. The maximum atomic E-state index is 12.4. The molecule has 3 aromatic rings. The van der Waals surface area contributed by atoms with Crippen LogP contribution in [0.15, 0.2) is 71.7 Å². The summed E-state index contributed by atoms with van der Waals surface area (Å²) in [5.41, 5.74) is 1.32. The number of hydrogen-bond donors (Lipinski definition) is 1. The van der Waals surface area contributed by atoms with Gasteiger partial charge in [-0.1, -0.05) is 60.7 Å². The van der Waals surface area contributed by atoms with Crippen molar-refractivity contribution in [2.24, 2.45) is 0 Å². The quantitative estimate of drug-likeness (QED) is 0.699. The van der Waals surface area contributed by atoms with Gasteiger partial charge in [-0.25, -0.2) is 4.79 Å². The molecule has 0 radical (unpaired) electrons. The van der Waals surface area contributed by atoms with Crippen LogP contribution in [0.25, 0.3) is 0 Å². The fourth-order valence-corrected chi connectivity index (χ4v) is 2.47. The highest BCUT2D eigenvalue weighted by Crippen LogP contribution is 2.09. The van der Waals surface area contributed by atoms with Gasteiger partial charge in [-0.15, -0.1) is 0 Å². The van der Waals surface area contributed by atoms with Gasteiger partial charge in [0.15, 0.2) is 0 Å². The van der Waals surface area contributed by atoms with Crippen LogP contribution in [-0.4, -0.2) is 20.2 Å². The molecule has 0 amide bonds. The Labute approximate surface area is 144 Å². The van der Waals surface area contributed by atoms with Gasteiger partial charge in [0, 0.05) is 0 Å². The Kier molecular flexibility index (Phi) is 4.99. The number of carbonyl (C=O) groups is 1. The highest BCUT2D eigenvalue weighted by atomic mass is 16.5. The van der Waals surface area contributed by atoms with Crippen LogP contribution in [0.2, 0.25) is 0 Å². The van der Waals surface area contributed by atoms with E-state index >= 15 is 0 Å². The second kappa shape index (κ2) is 7.53. The third-order valence-corrected chi connectivity index (χ3v) is 3.75. The molecule has 0 aliphatic heterocycles. The number of nitrogens with zero attached hydrogens (tertiary/aromatic N) is 2. The fraction of sp³-hybridized carbons (Fsp3) is 0.158. The Balaban J connectivity index is 1.66. The summed E-state index contributed by atoms with van der Waals surface area (Å²) in [5, 5.41) is 9.96. The van der Waals surface area contributed by atoms with E-state index in [4.69, 9.17) is 4.74 Å². The number of aromatic nitrogens is 2. The molecule has 0 fully saturated rings. The predicted molar refractivity (Wildman–Crippen MR) is 92.1 cm³/mol. The van der Waals surface area contributed by atoms with Crippen LogP contribution < -0.4 is 5.69 Å². The van der Waals surface area contributed by atoms with Crippen molar-refractivity contribution in [3.63, 3.8) is 0 Å². The van der Waals surface area contributed by atoms with Gasteiger partial charge in [0.05, 0.1) is 12.7 Å². The van der Waals surface area contributed by atoms with Gasteiger partial charge < -0.3 is 9.84 Å². The van der Waals surface area contributed by atoms with Crippen LogP contribution in [0, 0.1) is 0 Å². The molecule has 0 unspecified atom stereocenters. The van der Waals surface area contributed by atoms with Crippen molar-refractivity contribution in [2.75, 3.05) is 0 Å². The van der Waals surface area contributed by atoms with Crippen LogP contribution in [0.3, 0.4) is 0 Å². The maximum Gasteiger partial charge on any atom is 0.331 e. The first-order valence-electron chi connectivity index (χ1n) is 7.86. The Morgan fingerprint density at radius 3 is 2.20 bits per heavy atom. The monoisotopic (exact) mass is 338 g/mol. The summed E-state index contributed by atoms with van der Waals surface area (Å²) >= 11 is 0. The lowest BCUT2D eigenvalue weighted by Gasteiger charge is -2.06. The van der Waals surface area contributed by atoms with Crippen molar-refractivity contribution in [2.45, 2.75) is 19.7 Å².